The molecular weight excluding hydrogens is 376 g/mol. The molecule has 1 aromatic carbocycles. The van der Waals surface area contributed by atoms with Crippen LogP contribution in [0.4, 0.5) is 0 Å². The van der Waals surface area contributed by atoms with Crippen molar-refractivity contribution >= 4 is 17.6 Å². The van der Waals surface area contributed by atoms with Crippen molar-refractivity contribution in [1.82, 2.24) is 15.5 Å². The third-order valence-electron chi connectivity index (χ3n) is 4.95. The van der Waals surface area contributed by atoms with Gasteiger partial charge in [-0.1, -0.05) is 29.8 Å². The zero-order valence-corrected chi connectivity index (χ0v) is 17.0. The highest BCUT2D eigenvalue weighted by atomic mass is 35.5. The minimum atomic E-state index is -0.711. The summed E-state index contributed by atoms with van der Waals surface area (Å²) in [5, 5.41) is 17.5. The van der Waals surface area contributed by atoms with Crippen molar-refractivity contribution in [2.45, 2.75) is 31.9 Å². The molecule has 152 valence electrons. The van der Waals surface area contributed by atoms with E-state index in [1.54, 1.807) is 12.3 Å². The molecule has 0 bridgehead atoms. The van der Waals surface area contributed by atoms with E-state index in [9.17, 15) is 5.11 Å². The second-order valence-corrected chi connectivity index (χ2v) is 7.32. The molecule has 2 aromatic rings. The third kappa shape index (κ3) is 5.50. The van der Waals surface area contributed by atoms with E-state index >= 15 is 0 Å². The summed E-state index contributed by atoms with van der Waals surface area (Å²) < 4.78 is 5.66. The number of furan rings is 1. The molecule has 1 fully saturated rings. The minimum Gasteiger partial charge on any atom is -0.468 e. The number of hydrogen-bond acceptors (Lipinski definition) is 4. The summed E-state index contributed by atoms with van der Waals surface area (Å²) in [6, 6.07) is 11.4. The number of aliphatic hydroxyl groups excluding tert-OH is 1. The van der Waals surface area contributed by atoms with Gasteiger partial charge in [-0.2, -0.15) is 0 Å². The highest BCUT2D eigenvalue weighted by Crippen LogP contribution is 2.26. The summed E-state index contributed by atoms with van der Waals surface area (Å²) >= 11 is 6.18. The van der Waals surface area contributed by atoms with Crippen molar-refractivity contribution in [1.29, 1.82) is 0 Å². The van der Waals surface area contributed by atoms with Gasteiger partial charge in [-0.15, -0.1) is 0 Å². The molecule has 2 atom stereocenters. The van der Waals surface area contributed by atoms with E-state index in [0.29, 0.717) is 29.6 Å². The Morgan fingerprint density at radius 2 is 2.00 bits per heavy atom. The van der Waals surface area contributed by atoms with Gasteiger partial charge in [-0.3, -0.25) is 9.89 Å². The first-order valence-corrected chi connectivity index (χ1v) is 10.3. The van der Waals surface area contributed by atoms with Crippen molar-refractivity contribution in [2.75, 3.05) is 32.7 Å². The molecule has 0 radical (unpaired) electrons. The van der Waals surface area contributed by atoms with Crippen LogP contribution < -0.4 is 10.6 Å². The Hall–Kier alpha value is -2.02. The Balaban J connectivity index is 1.64. The van der Waals surface area contributed by atoms with Crippen LogP contribution in [0.5, 0.6) is 0 Å². The molecule has 2 heterocycles. The maximum Gasteiger partial charge on any atom is 0.191 e. The summed E-state index contributed by atoms with van der Waals surface area (Å²) in [5.41, 5.74) is 0.707. The smallest absolute Gasteiger partial charge is 0.191 e. The SMILES string of the molecule is CCNC(=NCC(c1ccco1)N1CCCC1)NCC(O)c1ccccc1Cl. The van der Waals surface area contributed by atoms with Crippen LogP contribution in [0.15, 0.2) is 52.1 Å². The Morgan fingerprint density at radius 1 is 1.21 bits per heavy atom. The van der Waals surface area contributed by atoms with Gasteiger partial charge in [0.2, 0.25) is 0 Å². The van der Waals surface area contributed by atoms with Gasteiger partial charge in [0.05, 0.1) is 25.0 Å². The van der Waals surface area contributed by atoms with Crippen molar-refractivity contribution in [2.24, 2.45) is 4.99 Å². The van der Waals surface area contributed by atoms with E-state index in [1.807, 2.05) is 37.3 Å². The monoisotopic (exact) mass is 404 g/mol. The number of halogens is 1. The number of guanidine groups is 1. The van der Waals surface area contributed by atoms with Crippen LogP contribution in [0.1, 0.15) is 43.2 Å². The number of likely N-dealkylation sites (tertiary alicyclic amines) is 1. The van der Waals surface area contributed by atoms with Crippen molar-refractivity contribution in [3.8, 4) is 0 Å². The highest BCUT2D eigenvalue weighted by molar-refractivity contribution is 6.31. The van der Waals surface area contributed by atoms with Crippen LogP contribution in [-0.4, -0.2) is 48.7 Å². The fourth-order valence-electron chi connectivity index (χ4n) is 3.49. The molecule has 1 aliphatic heterocycles. The summed E-state index contributed by atoms with van der Waals surface area (Å²) in [5.74, 6) is 1.61. The standard InChI is InChI=1S/C21H29ClN4O2/c1-2-23-21(25-15-19(27)16-8-3-4-9-17(16)22)24-14-18(20-10-7-13-28-20)26-11-5-6-12-26/h3-4,7-10,13,18-19,27H,2,5-6,11-12,14-15H2,1H3,(H2,23,24,25). The zero-order valence-electron chi connectivity index (χ0n) is 16.3. The van der Waals surface area contributed by atoms with Gasteiger partial charge in [0.1, 0.15) is 5.76 Å². The van der Waals surface area contributed by atoms with Gasteiger partial charge in [0.25, 0.3) is 0 Å². The fourth-order valence-corrected chi connectivity index (χ4v) is 3.75. The minimum absolute atomic E-state index is 0.126. The van der Waals surface area contributed by atoms with Gasteiger partial charge >= 0.3 is 0 Å². The van der Waals surface area contributed by atoms with Gasteiger partial charge in [-0.25, -0.2) is 0 Å². The lowest BCUT2D eigenvalue weighted by atomic mass is 10.1. The number of nitrogens with one attached hydrogen (secondary N) is 2. The summed E-state index contributed by atoms with van der Waals surface area (Å²) in [6.45, 7) is 5.80. The Labute approximate surface area is 171 Å². The molecular formula is C21H29ClN4O2. The van der Waals surface area contributed by atoms with E-state index in [4.69, 9.17) is 21.0 Å². The fraction of sp³-hybridized carbons (Fsp3) is 0.476. The molecule has 1 saturated heterocycles. The van der Waals surface area contributed by atoms with Crippen LogP contribution in [0.2, 0.25) is 5.02 Å². The molecule has 28 heavy (non-hydrogen) atoms. The molecule has 0 spiro atoms. The maximum absolute atomic E-state index is 10.5. The molecule has 7 heteroatoms. The first-order chi connectivity index (χ1) is 13.7. The number of aliphatic imine (C=N–C) groups is 1. The topological polar surface area (TPSA) is 73.0 Å². The first-order valence-electron chi connectivity index (χ1n) is 9.91. The van der Waals surface area contributed by atoms with Crippen molar-refractivity contribution in [3.63, 3.8) is 0 Å². The molecule has 3 N–H and O–H groups in total. The average Bonchev–Trinajstić information content (AvgIpc) is 3.41. The Bertz CT molecular complexity index is 745. The molecule has 0 amide bonds. The second-order valence-electron chi connectivity index (χ2n) is 6.91. The molecule has 3 rings (SSSR count). The maximum atomic E-state index is 10.5. The lowest BCUT2D eigenvalue weighted by Crippen LogP contribution is -2.40. The summed E-state index contributed by atoms with van der Waals surface area (Å²) in [6.07, 6.45) is 3.43. The van der Waals surface area contributed by atoms with E-state index in [-0.39, 0.29) is 6.04 Å². The van der Waals surface area contributed by atoms with Gasteiger partial charge < -0.3 is 20.2 Å². The molecule has 6 nitrogen and oxygen atoms in total. The van der Waals surface area contributed by atoms with Gasteiger partial charge in [-0.05, 0) is 51.1 Å². The van der Waals surface area contributed by atoms with Crippen LogP contribution >= 0.6 is 11.6 Å². The normalized spacial score (nSPS) is 17.5. The van der Waals surface area contributed by atoms with Crippen molar-refractivity contribution < 1.29 is 9.52 Å². The quantitative estimate of drug-likeness (QED) is 0.464. The Kier molecular flexibility index (Phi) is 7.77. The predicted molar refractivity (Wildman–Crippen MR) is 113 cm³/mol. The number of rotatable bonds is 8. The van der Waals surface area contributed by atoms with Gasteiger partial charge in [0.15, 0.2) is 5.96 Å². The lowest BCUT2D eigenvalue weighted by Gasteiger charge is -2.25. The van der Waals surface area contributed by atoms with Crippen LogP contribution in [-0.2, 0) is 0 Å². The second kappa shape index (κ2) is 10.5. The number of aliphatic hydroxyl groups is 1. The molecule has 2 unspecified atom stereocenters. The van der Waals surface area contributed by atoms with Crippen LogP contribution in [0, 0.1) is 0 Å². The number of benzene rings is 1. The third-order valence-corrected chi connectivity index (χ3v) is 5.29. The number of hydrogen-bond donors (Lipinski definition) is 3. The molecule has 1 aliphatic rings. The lowest BCUT2D eigenvalue weighted by molar-refractivity contribution is 0.181. The Morgan fingerprint density at radius 3 is 2.68 bits per heavy atom. The molecule has 0 saturated carbocycles. The summed E-state index contributed by atoms with van der Waals surface area (Å²) in [7, 11) is 0. The predicted octanol–water partition coefficient (Wildman–Crippen LogP) is 3.36. The molecule has 1 aromatic heterocycles. The highest BCUT2D eigenvalue weighted by Gasteiger charge is 2.25. The van der Waals surface area contributed by atoms with Crippen LogP contribution in [0.25, 0.3) is 0 Å². The first kappa shape index (κ1) is 20.7. The largest absolute Gasteiger partial charge is 0.468 e. The van der Waals surface area contributed by atoms with E-state index in [2.05, 4.69) is 15.5 Å². The number of nitrogens with zero attached hydrogens (tertiary/aromatic N) is 2. The van der Waals surface area contributed by atoms with Crippen molar-refractivity contribution in [3.05, 3.63) is 59.0 Å². The van der Waals surface area contributed by atoms with E-state index in [0.717, 1.165) is 25.4 Å². The molecule has 0 aliphatic carbocycles. The average molecular weight is 405 g/mol. The van der Waals surface area contributed by atoms with Gasteiger partial charge in [0, 0.05) is 23.7 Å². The van der Waals surface area contributed by atoms with E-state index < -0.39 is 6.10 Å². The van der Waals surface area contributed by atoms with E-state index in [1.165, 1.54) is 12.8 Å². The summed E-state index contributed by atoms with van der Waals surface area (Å²) in [4.78, 5) is 7.17. The zero-order chi connectivity index (χ0) is 19.8. The van der Waals surface area contributed by atoms with Crippen LogP contribution in [0.3, 0.4) is 0 Å².